The second-order valence-electron chi connectivity index (χ2n) is 6.74. The van der Waals surface area contributed by atoms with Gasteiger partial charge in [-0.3, -0.25) is 4.79 Å². The van der Waals surface area contributed by atoms with E-state index < -0.39 is 11.7 Å². The van der Waals surface area contributed by atoms with Gasteiger partial charge in [-0.1, -0.05) is 6.07 Å². The van der Waals surface area contributed by atoms with E-state index in [0.717, 1.165) is 31.4 Å². The molecule has 2 aromatic rings. The van der Waals surface area contributed by atoms with Crippen LogP contribution in [0, 0.1) is 0 Å². The first-order chi connectivity index (χ1) is 11.2. The zero-order valence-electron chi connectivity index (χ0n) is 12.4. The summed E-state index contributed by atoms with van der Waals surface area (Å²) in [7, 11) is 0. The van der Waals surface area contributed by atoms with E-state index in [4.69, 9.17) is 11.8 Å². The fourth-order valence-electron chi connectivity index (χ4n) is 3.75. The van der Waals surface area contributed by atoms with Crippen molar-refractivity contribution in [3.8, 4) is 0 Å². The Morgan fingerprint density at radius 3 is 2.46 bits per heavy atom. The first kappa shape index (κ1) is 15.7. The molecule has 3 saturated carbocycles. The lowest BCUT2D eigenvalue weighted by molar-refractivity contribution is -0.137. The molecule has 1 aromatic heterocycles. The number of amides is 1. The summed E-state index contributed by atoms with van der Waals surface area (Å²) < 4.78 is 38.2. The van der Waals surface area contributed by atoms with Gasteiger partial charge in [0.05, 0.1) is 11.1 Å². The van der Waals surface area contributed by atoms with E-state index in [0.29, 0.717) is 10.9 Å². The Balaban J connectivity index is 1.54. The molecule has 0 unspecified atom stereocenters. The largest absolute Gasteiger partial charge is 0.416 e. The van der Waals surface area contributed by atoms with Gasteiger partial charge < -0.3 is 5.32 Å². The standard InChI is InChI=1S/C16H13ClF3N3O/c17-23-15-6-14(7-15,8-15)22-13(24)12-3-1-9-5-10(16(18,19)20)2-4-11(9)21-12/h1-5,23H,6-8H2,(H,22,24). The number of benzene rings is 1. The van der Waals surface area contributed by atoms with Gasteiger partial charge in [-0.15, -0.1) is 0 Å². The molecule has 5 rings (SSSR count). The lowest BCUT2D eigenvalue weighted by Gasteiger charge is -2.69. The quantitative estimate of drug-likeness (QED) is 0.830. The Hall–Kier alpha value is -1.86. The maximum Gasteiger partial charge on any atom is 0.416 e. The zero-order chi connectivity index (χ0) is 17.2. The van der Waals surface area contributed by atoms with Gasteiger partial charge in [-0.2, -0.15) is 13.2 Å². The molecule has 126 valence electrons. The number of fused-ring (bicyclic) bond motifs is 1. The van der Waals surface area contributed by atoms with Gasteiger partial charge in [0.1, 0.15) is 5.69 Å². The number of hydrogen-bond acceptors (Lipinski definition) is 3. The number of alkyl halides is 3. The summed E-state index contributed by atoms with van der Waals surface area (Å²) in [6.45, 7) is 0. The summed E-state index contributed by atoms with van der Waals surface area (Å²) in [4.78, 5) is 19.2. The molecule has 4 nitrogen and oxygen atoms in total. The van der Waals surface area contributed by atoms with Gasteiger partial charge in [-0.05, 0) is 55.3 Å². The number of pyridine rings is 1. The van der Waals surface area contributed by atoms with Crippen LogP contribution < -0.4 is 10.2 Å². The molecule has 1 heterocycles. The molecule has 2 N–H and O–H groups in total. The Labute approximate surface area is 140 Å². The Morgan fingerprint density at radius 1 is 1.12 bits per heavy atom. The van der Waals surface area contributed by atoms with Crippen molar-refractivity contribution >= 4 is 28.6 Å². The van der Waals surface area contributed by atoms with Gasteiger partial charge in [0.2, 0.25) is 0 Å². The van der Waals surface area contributed by atoms with Crippen molar-refractivity contribution < 1.29 is 18.0 Å². The summed E-state index contributed by atoms with van der Waals surface area (Å²) >= 11 is 5.65. The van der Waals surface area contributed by atoms with Gasteiger partial charge in [0.15, 0.2) is 0 Å². The minimum atomic E-state index is -4.40. The van der Waals surface area contributed by atoms with Crippen molar-refractivity contribution in [1.82, 2.24) is 15.1 Å². The molecule has 0 saturated heterocycles. The number of halogens is 4. The van der Waals surface area contributed by atoms with Crippen LogP contribution in [0.5, 0.6) is 0 Å². The highest BCUT2D eigenvalue weighted by molar-refractivity contribution is 6.14. The van der Waals surface area contributed by atoms with Crippen LogP contribution in [0.4, 0.5) is 13.2 Å². The van der Waals surface area contributed by atoms with Crippen LogP contribution in [0.1, 0.15) is 35.3 Å². The lowest BCUT2D eigenvalue weighted by atomic mass is 9.44. The normalized spacial score (nSPS) is 28.2. The molecule has 0 spiro atoms. The minimum absolute atomic E-state index is 0.0559. The van der Waals surface area contributed by atoms with E-state index >= 15 is 0 Å². The number of nitrogens with one attached hydrogen (secondary N) is 2. The summed E-state index contributed by atoms with van der Waals surface area (Å²) in [6, 6.07) is 6.20. The second kappa shape index (κ2) is 4.83. The maximum absolute atomic E-state index is 12.7. The molecule has 1 amide bonds. The van der Waals surface area contributed by atoms with E-state index in [9.17, 15) is 18.0 Å². The van der Waals surface area contributed by atoms with E-state index in [1.807, 2.05) is 0 Å². The molecule has 0 atom stereocenters. The van der Waals surface area contributed by atoms with Gasteiger partial charge >= 0.3 is 6.18 Å². The van der Waals surface area contributed by atoms with Gasteiger partial charge in [0, 0.05) is 16.5 Å². The number of rotatable bonds is 3. The number of carbonyl (C=O) groups excluding carboxylic acids is 1. The highest BCUT2D eigenvalue weighted by Gasteiger charge is 2.68. The van der Waals surface area contributed by atoms with Crippen LogP contribution >= 0.6 is 11.8 Å². The molecule has 0 aliphatic heterocycles. The van der Waals surface area contributed by atoms with Gasteiger partial charge in [0.25, 0.3) is 5.91 Å². The third-order valence-corrected chi connectivity index (χ3v) is 5.26. The Bertz CT molecular complexity index is 832. The third-order valence-electron chi connectivity index (χ3n) is 4.86. The monoisotopic (exact) mass is 355 g/mol. The molecule has 3 fully saturated rings. The topological polar surface area (TPSA) is 54.0 Å². The van der Waals surface area contributed by atoms with E-state index in [1.165, 1.54) is 18.2 Å². The van der Waals surface area contributed by atoms with Crippen LogP contribution in [0.3, 0.4) is 0 Å². The smallest absolute Gasteiger partial charge is 0.345 e. The molecular weight excluding hydrogens is 343 g/mol. The summed E-state index contributed by atoms with van der Waals surface area (Å²) in [5, 5.41) is 3.30. The predicted molar refractivity (Wildman–Crippen MR) is 82.5 cm³/mol. The molecule has 0 radical (unpaired) electrons. The van der Waals surface area contributed by atoms with Crippen LogP contribution in [0.25, 0.3) is 10.9 Å². The van der Waals surface area contributed by atoms with Crippen molar-refractivity contribution in [2.24, 2.45) is 0 Å². The van der Waals surface area contributed by atoms with E-state index in [-0.39, 0.29) is 22.7 Å². The zero-order valence-corrected chi connectivity index (χ0v) is 13.1. The van der Waals surface area contributed by atoms with Gasteiger partial charge in [-0.25, -0.2) is 9.82 Å². The van der Waals surface area contributed by atoms with E-state index in [1.54, 1.807) is 0 Å². The Kier molecular flexibility index (Phi) is 3.15. The summed E-state index contributed by atoms with van der Waals surface area (Å²) in [5.41, 5.74) is -0.469. The molecule has 2 bridgehead atoms. The number of aromatic nitrogens is 1. The van der Waals surface area contributed by atoms with Crippen molar-refractivity contribution in [2.75, 3.05) is 0 Å². The average molecular weight is 356 g/mol. The first-order valence-corrected chi connectivity index (χ1v) is 7.81. The molecule has 1 aromatic carbocycles. The van der Waals surface area contributed by atoms with Crippen LogP contribution in [-0.2, 0) is 6.18 Å². The fourth-order valence-corrected chi connectivity index (χ4v) is 3.95. The number of carbonyl (C=O) groups is 1. The third kappa shape index (κ3) is 2.34. The van der Waals surface area contributed by atoms with Crippen molar-refractivity contribution in [3.05, 3.63) is 41.6 Å². The number of nitrogens with zero attached hydrogens (tertiary/aromatic N) is 1. The highest BCUT2D eigenvalue weighted by atomic mass is 35.5. The SMILES string of the molecule is O=C(NC12CC(NCl)(C1)C2)c1ccc2cc(C(F)(F)F)ccc2n1. The molecule has 3 aliphatic rings. The highest BCUT2D eigenvalue weighted by Crippen LogP contribution is 2.60. The fraction of sp³-hybridized carbons (Fsp3) is 0.375. The summed E-state index contributed by atoms with van der Waals surface area (Å²) in [6.07, 6.45) is -2.08. The molecule has 8 heteroatoms. The van der Waals surface area contributed by atoms with Crippen molar-refractivity contribution in [1.29, 1.82) is 0 Å². The molecular formula is C16H13ClF3N3O. The van der Waals surface area contributed by atoms with Crippen molar-refractivity contribution in [2.45, 2.75) is 36.5 Å². The van der Waals surface area contributed by atoms with Crippen LogP contribution in [0.15, 0.2) is 30.3 Å². The molecule has 24 heavy (non-hydrogen) atoms. The lowest BCUT2D eigenvalue weighted by Crippen LogP contribution is -2.82. The van der Waals surface area contributed by atoms with Crippen LogP contribution in [0.2, 0.25) is 0 Å². The first-order valence-electron chi connectivity index (χ1n) is 7.43. The Morgan fingerprint density at radius 2 is 1.83 bits per heavy atom. The average Bonchev–Trinajstić information content (AvgIpc) is 2.47. The summed E-state index contributed by atoms with van der Waals surface area (Å²) in [5.74, 6) is -0.320. The number of hydrogen-bond donors (Lipinski definition) is 2. The predicted octanol–water partition coefficient (Wildman–Crippen LogP) is 3.40. The molecule has 3 aliphatic carbocycles. The minimum Gasteiger partial charge on any atom is -0.345 e. The second-order valence-corrected chi connectivity index (χ2v) is 6.93. The van der Waals surface area contributed by atoms with E-state index in [2.05, 4.69) is 15.1 Å². The maximum atomic E-state index is 12.7. The van der Waals surface area contributed by atoms with Crippen LogP contribution in [-0.4, -0.2) is 22.0 Å². The van der Waals surface area contributed by atoms with Crippen molar-refractivity contribution in [3.63, 3.8) is 0 Å².